The lowest BCUT2D eigenvalue weighted by atomic mass is 10.1. The molecule has 0 heterocycles. The topological polar surface area (TPSA) is 32.6 Å². The molecule has 0 aliphatic carbocycles. The maximum Gasteiger partial charge on any atom is 0.175 e. The molecule has 1 N–H and O–H groups in total. The summed E-state index contributed by atoms with van der Waals surface area (Å²) >= 11 is 5.50. The van der Waals surface area contributed by atoms with E-state index in [-0.39, 0.29) is 5.17 Å². The van der Waals surface area contributed by atoms with Crippen LogP contribution in [0.4, 0.5) is 4.39 Å². The highest BCUT2D eigenvalue weighted by Gasteiger charge is 2.05. The number of nitrogens with zero attached hydrogens (tertiary/aromatic N) is 1. The molecule has 1 rings (SSSR count). The summed E-state index contributed by atoms with van der Waals surface area (Å²) in [4.78, 5) is 0. The minimum Gasteiger partial charge on any atom is -0.410 e. The molecule has 0 spiro atoms. The molecule has 0 aromatic heterocycles. The molecule has 1 aromatic rings. The summed E-state index contributed by atoms with van der Waals surface area (Å²) in [5.74, 6) is -0.405. The van der Waals surface area contributed by atoms with Crippen molar-refractivity contribution >= 4 is 16.8 Å². The quantitative estimate of drug-likeness (QED) is 0.409. The molecule has 64 valence electrons. The Kier molecular flexibility index (Phi) is 2.65. The van der Waals surface area contributed by atoms with Crippen molar-refractivity contribution in [1.29, 1.82) is 0 Å². The van der Waals surface area contributed by atoms with Crippen LogP contribution in [0.1, 0.15) is 11.1 Å². The van der Waals surface area contributed by atoms with Crippen molar-refractivity contribution in [2.45, 2.75) is 6.92 Å². The van der Waals surface area contributed by atoms with Crippen molar-refractivity contribution in [2.75, 3.05) is 0 Å². The molecule has 0 amide bonds. The van der Waals surface area contributed by atoms with E-state index in [1.165, 1.54) is 12.1 Å². The standard InChI is InChI=1S/C8H7ClFNO/c1-5-2-3-6(10)4-7(5)8(9)11-12/h2-4,12H,1H3. The Morgan fingerprint density at radius 3 is 2.83 bits per heavy atom. The van der Waals surface area contributed by atoms with Gasteiger partial charge in [0.1, 0.15) is 5.82 Å². The van der Waals surface area contributed by atoms with Gasteiger partial charge in [-0.2, -0.15) is 0 Å². The predicted octanol–water partition coefficient (Wildman–Crippen LogP) is 2.51. The third-order valence-corrected chi connectivity index (χ3v) is 1.79. The van der Waals surface area contributed by atoms with Gasteiger partial charge in [0.2, 0.25) is 0 Å². The Bertz CT molecular complexity index is 325. The van der Waals surface area contributed by atoms with Gasteiger partial charge < -0.3 is 5.21 Å². The first kappa shape index (κ1) is 9.00. The van der Waals surface area contributed by atoms with Crippen LogP contribution < -0.4 is 0 Å². The van der Waals surface area contributed by atoms with Gasteiger partial charge in [-0.25, -0.2) is 4.39 Å². The van der Waals surface area contributed by atoms with Gasteiger partial charge in [-0.3, -0.25) is 0 Å². The molecule has 0 unspecified atom stereocenters. The number of hydrogen-bond donors (Lipinski definition) is 1. The Labute approximate surface area is 74.3 Å². The molecule has 4 heteroatoms. The van der Waals surface area contributed by atoms with Crippen LogP contribution in [0.2, 0.25) is 0 Å². The molecule has 12 heavy (non-hydrogen) atoms. The fourth-order valence-corrected chi connectivity index (χ4v) is 1.07. The first-order valence-electron chi connectivity index (χ1n) is 3.29. The van der Waals surface area contributed by atoms with Crippen LogP contribution in [0.5, 0.6) is 0 Å². The Balaban J connectivity index is 3.23. The van der Waals surface area contributed by atoms with Crippen LogP contribution in [-0.2, 0) is 0 Å². The fourth-order valence-electron chi connectivity index (χ4n) is 0.870. The zero-order valence-electron chi connectivity index (χ0n) is 6.38. The first-order chi connectivity index (χ1) is 5.65. The van der Waals surface area contributed by atoms with Crippen molar-refractivity contribution in [3.05, 3.63) is 35.1 Å². The van der Waals surface area contributed by atoms with Gasteiger partial charge in [-0.05, 0) is 24.6 Å². The second-order valence-corrected chi connectivity index (χ2v) is 2.71. The molecule has 0 atom stereocenters. The van der Waals surface area contributed by atoms with Crippen LogP contribution >= 0.6 is 11.6 Å². The second kappa shape index (κ2) is 3.54. The largest absolute Gasteiger partial charge is 0.410 e. The van der Waals surface area contributed by atoms with E-state index in [9.17, 15) is 4.39 Å². The van der Waals surface area contributed by atoms with Crippen molar-refractivity contribution in [2.24, 2.45) is 5.16 Å². The Morgan fingerprint density at radius 2 is 2.25 bits per heavy atom. The number of aryl methyl sites for hydroxylation is 1. The van der Waals surface area contributed by atoms with Crippen molar-refractivity contribution in [3.63, 3.8) is 0 Å². The third-order valence-electron chi connectivity index (χ3n) is 1.51. The maximum atomic E-state index is 12.6. The minimum absolute atomic E-state index is 0.105. The summed E-state index contributed by atoms with van der Waals surface area (Å²) in [5.41, 5.74) is 1.17. The highest BCUT2D eigenvalue weighted by Crippen LogP contribution is 2.13. The highest BCUT2D eigenvalue weighted by molar-refractivity contribution is 6.69. The van der Waals surface area contributed by atoms with E-state index in [4.69, 9.17) is 16.8 Å². The van der Waals surface area contributed by atoms with Crippen molar-refractivity contribution in [3.8, 4) is 0 Å². The SMILES string of the molecule is Cc1ccc(F)cc1C(Cl)=NO. The summed E-state index contributed by atoms with van der Waals surface area (Å²) < 4.78 is 12.6. The number of rotatable bonds is 1. The van der Waals surface area contributed by atoms with Crippen LogP contribution in [0, 0.1) is 12.7 Å². The van der Waals surface area contributed by atoms with E-state index < -0.39 is 5.82 Å². The lowest BCUT2D eigenvalue weighted by Crippen LogP contribution is -1.95. The van der Waals surface area contributed by atoms with E-state index in [1.807, 2.05) is 0 Å². The summed E-state index contributed by atoms with van der Waals surface area (Å²) in [6.07, 6.45) is 0. The molecule has 0 fully saturated rings. The predicted molar refractivity (Wildman–Crippen MR) is 45.3 cm³/mol. The highest BCUT2D eigenvalue weighted by atomic mass is 35.5. The minimum atomic E-state index is -0.405. The second-order valence-electron chi connectivity index (χ2n) is 2.35. The lowest BCUT2D eigenvalue weighted by molar-refractivity contribution is 0.321. The van der Waals surface area contributed by atoms with Crippen molar-refractivity contribution < 1.29 is 9.60 Å². The zero-order chi connectivity index (χ0) is 9.14. The lowest BCUT2D eigenvalue weighted by Gasteiger charge is -2.00. The molecule has 0 bridgehead atoms. The summed E-state index contributed by atoms with van der Waals surface area (Å²) in [5, 5.41) is 11.0. The monoisotopic (exact) mass is 187 g/mol. The van der Waals surface area contributed by atoms with Crippen LogP contribution in [0.3, 0.4) is 0 Å². The third kappa shape index (κ3) is 1.74. The number of benzene rings is 1. The van der Waals surface area contributed by atoms with Crippen LogP contribution in [0.15, 0.2) is 23.4 Å². The number of hydrogen-bond acceptors (Lipinski definition) is 2. The van der Waals surface area contributed by atoms with Crippen LogP contribution in [0.25, 0.3) is 0 Å². The van der Waals surface area contributed by atoms with Gasteiger partial charge >= 0.3 is 0 Å². The maximum absolute atomic E-state index is 12.6. The van der Waals surface area contributed by atoms with Gasteiger partial charge in [0.15, 0.2) is 5.17 Å². The molecule has 0 saturated heterocycles. The molecular formula is C8H7ClFNO. The normalized spacial score (nSPS) is 11.8. The van der Waals surface area contributed by atoms with E-state index >= 15 is 0 Å². The molecule has 0 radical (unpaired) electrons. The van der Waals surface area contributed by atoms with Crippen molar-refractivity contribution in [1.82, 2.24) is 0 Å². The molecule has 1 aromatic carbocycles. The molecule has 0 aliphatic heterocycles. The van der Waals surface area contributed by atoms with Gasteiger partial charge in [0, 0.05) is 5.56 Å². The summed E-state index contributed by atoms with van der Waals surface area (Å²) in [7, 11) is 0. The number of oxime groups is 1. The van der Waals surface area contributed by atoms with Gasteiger partial charge in [-0.15, -0.1) is 0 Å². The van der Waals surface area contributed by atoms with Gasteiger partial charge in [-0.1, -0.05) is 22.8 Å². The fraction of sp³-hybridized carbons (Fsp3) is 0.125. The van der Waals surface area contributed by atoms with Gasteiger partial charge in [0.05, 0.1) is 0 Å². The molecule has 0 saturated carbocycles. The molecule has 0 aliphatic rings. The van der Waals surface area contributed by atoms with Gasteiger partial charge in [0.25, 0.3) is 0 Å². The Hall–Kier alpha value is -1.09. The molecule has 2 nitrogen and oxygen atoms in total. The summed E-state index contributed by atoms with van der Waals surface area (Å²) in [6, 6.07) is 4.11. The molecular weight excluding hydrogens is 181 g/mol. The van der Waals surface area contributed by atoms with E-state index in [0.717, 1.165) is 5.56 Å². The number of halogens is 2. The average Bonchev–Trinajstić information content (AvgIpc) is 2.08. The first-order valence-corrected chi connectivity index (χ1v) is 3.67. The van der Waals surface area contributed by atoms with Crippen LogP contribution in [-0.4, -0.2) is 10.4 Å². The summed E-state index contributed by atoms with van der Waals surface area (Å²) in [6.45, 7) is 1.75. The van der Waals surface area contributed by atoms with E-state index in [0.29, 0.717) is 5.56 Å². The van der Waals surface area contributed by atoms with E-state index in [1.54, 1.807) is 13.0 Å². The average molecular weight is 188 g/mol. The Morgan fingerprint density at radius 1 is 1.58 bits per heavy atom. The zero-order valence-corrected chi connectivity index (χ0v) is 7.14. The smallest absolute Gasteiger partial charge is 0.175 e. The van der Waals surface area contributed by atoms with E-state index in [2.05, 4.69) is 5.16 Å².